The predicted octanol–water partition coefficient (Wildman–Crippen LogP) is 4.05. The lowest BCUT2D eigenvalue weighted by Crippen LogP contribution is -2.52. The molecule has 1 amide bonds. The first kappa shape index (κ1) is 24.8. The maximum absolute atomic E-state index is 13.0. The average molecular weight is 520 g/mol. The highest BCUT2D eigenvalue weighted by atomic mass is 35.5. The molecule has 2 N–H and O–H groups in total. The molecule has 0 saturated carbocycles. The van der Waals surface area contributed by atoms with Gasteiger partial charge in [-0.05, 0) is 18.6 Å². The zero-order chi connectivity index (χ0) is 25.1. The number of benzene rings is 1. The number of hydrogen-bond donors (Lipinski definition) is 2. The molecule has 2 atom stereocenters. The molecule has 9 nitrogen and oxygen atoms in total. The van der Waals surface area contributed by atoms with Gasteiger partial charge in [-0.3, -0.25) is 9.59 Å². The Hall–Kier alpha value is -3.27. The second-order valence-corrected chi connectivity index (χ2v) is 8.51. The summed E-state index contributed by atoms with van der Waals surface area (Å²) in [6, 6.07) is 4.01. The monoisotopic (exact) mass is 519 g/mol. The molecule has 2 aromatic heterocycles. The molecule has 1 saturated heterocycles. The molecule has 0 radical (unpaired) electrons. The molecule has 1 aliphatic rings. The van der Waals surface area contributed by atoms with Crippen molar-refractivity contribution in [2.45, 2.75) is 18.5 Å². The lowest BCUT2D eigenvalue weighted by atomic mass is 10.0. The van der Waals surface area contributed by atoms with E-state index in [1.54, 1.807) is 12.1 Å². The smallest absolute Gasteiger partial charge is 0.243 e. The van der Waals surface area contributed by atoms with Crippen molar-refractivity contribution in [3.8, 4) is 22.8 Å². The Kier molecular flexibility index (Phi) is 7.49. The predicted molar refractivity (Wildman–Crippen MR) is 134 cm³/mol. The number of fused-ring (bicyclic) bond motifs is 1. The lowest BCUT2D eigenvalue weighted by Gasteiger charge is -2.32. The summed E-state index contributed by atoms with van der Waals surface area (Å²) in [6.45, 7) is 4.38. The highest BCUT2D eigenvalue weighted by Gasteiger charge is 2.27. The van der Waals surface area contributed by atoms with Crippen LogP contribution in [0.2, 0.25) is 10.0 Å². The van der Waals surface area contributed by atoms with Crippen LogP contribution < -0.4 is 25.5 Å². The highest BCUT2D eigenvalue weighted by molar-refractivity contribution is 6.41. The number of carbonyl (C=O) groups excluding carboxylic acids is 1. The Bertz CT molecular complexity index is 1310. The van der Waals surface area contributed by atoms with Gasteiger partial charge < -0.3 is 29.3 Å². The quantitative estimate of drug-likeness (QED) is 0.449. The van der Waals surface area contributed by atoms with Crippen molar-refractivity contribution in [1.82, 2.24) is 10.3 Å². The van der Waals surface area contributed by atoms with Crippen molar-refractivity contribution in [1.29, 1.82) is 0 Å². The van der Waals surface area contributed by atoms with Crippen molar-refractivity contribution in [3.05, 3.63) is 57.3 Å². The van der Waals surface area contributed by atoms with E-state index in [0.717, 1.165) is 0 Å². The molecule has 1 aliphatic heterocycles. The third-order valence-electron chi connectivity index (χ3n) is 5.64. The Morgan fingerprint density at radius 3 is 2.54 bits per heavy atom. The number of carbonyl (C=O) groups is 1. The summed E-state index contributed by atoms with van der Waals surface area (Å²) >= 11 is 12.9. The van der Waals surface area contributed by atoms with Crippen LogP contribution in [0.1, 0.15) is 6.42 Å². The van der Waals surface area contributed by atoms with Gasteiger partial charge in [-0.25, -0.2) is 4.98 Å². The molecule has 1 aromatic carbocycles. The molecule has 0 aliphatic carbocycles. The molecule has 3 heterocycles. The fourth-order valence-electron chi connectivity index (χ4n) is 3.85. The molecule has 35 heavy (non-hydrogen) atoms. The average Bonchev–Trinajstić information content (AvgIpc) is 2.86. The van der Waals surface area contributed by atoms with Gasteiger partial charge in [0.25, 0.3) is 0 Å². The van der Waals surface area contributed by atoms with Gasteiger partial charge in [0.2, 0.25) is 5.91 Å². The van der Waals surface area contributed by atoms with E-state index in [9.17, 15) is 9.59 Å². The number of hydrogen-bond acceptors (Lipinski definition) is 8. The minimum absolute atomic E-state index is 0.144. The fraction of sp³-hybridized carbons (Fsp3) is 0.292. The second-order valence-electron chi connectivity index (χ2n) is 7.76. The van der Waals surface area contributed by atoms with Crippen molar-refractivity contribution in [2.24, 2.45) is 0 Å². The Labute approximate surface area is 211 Å². The Morgan fingerprint density at radius 1 is 1.17 bits per heavy atom. The van der Waals surface area contributed by atoms with Crippen LogP contribution in [0.5, 0.6) is 11.5 Å². The van der Waals surface area contributed by atoms with Crippen molar-refractivity contribution in [2.75, 3.05) is 32.8 Å². The molecule has 4 rings (SSSR count). The van der Waals surface area contributed by atoms with Crippen LogP contribution in [0, 0.1) is 0 Å². The number of nitrogens with zero attached hydrogens (tertiary/aromatic N) is 1. The summed E-state index contributed by atoms with van der Waals surface area (Å²) in [5.41, 5.74) is 0.186. The largest absolute Gasteiger partial charge is 0.495 e. The van der Waals surface area contributed by atoms with E-state index < -0.39 is 0 Å². The number of anilines is 1. The van der Waals surface area contributed by atoms with Crippen LogP contribution in [-0.2, 0) is 9.53 Å². The van der Waals surface area contributed by atoms with Crippen LogP contribution in [0.4, 0.5) is 5.82 Å². The Balaban J connectivity index is 1.69. The lowest BCUT2D eigenvalue weighted by molar-refractivity contribution is -0.117. The minimum atomic E-state index is -0.322. The summed E-state index contributed by atoms with van der Waals surface area (Å²) in [4.78, 5) is 29.2. The van der Waals surface area contributed by atoms with Crippen LogP contribution in [0.25, 0.3) is 22.3 Å². The number of aromatic nitrogens is 1. The third kappa shape index (κ3) is 5.07. The van der Waals surface area contributed by atoms with Gasteiger partial charge in [0.15, 0.2) is 11.0 Å². The maximum Gasteiger partial charge on any atom is 0.243 e. The molecular weight excluding hydrogens is 497 g/mol. The number of halogens is 2. The summed E-state index contributed by atoms with van der Waals surface area (Å²) < 4.78 is 22.1. The van der Waals surface area contributed by atoms with Crippen molar-refractivity contribution >= 4 is 45.9 Å². The number of methoxy groups -OCH3 is 2. The van der Waals surface area contributed by atoms with Gasteiger partial charge in [-0.2, -0.15) is 0 Å². The van der Waals surface area contributed by atoms with Gasteiger partial charge >= 0.3 is 0 Å². The van der Waals surface area contributed by atoms with E-state index in [2.05, 4.69) is 22.2 Å². The van der Waals surface area contributed by atoms with E-state index in [1.165, 1.54) is 32.6 Å². The molecule has 2 unspecified atom stereocenters. The molecule has 0 spiro atoms. The van der Waals surface area contributed by atoms with Gasteiger partial charge in [-0.1, -0.05) is 29.8 Å². The second kappa shape index (κ2) is 10.6. The summed E-state index contributed by atoms with van der Waals surface area (Å²) in [6.07, 6.45) is 3.28. The number of ether oxygens (including phenoxy) is 3. The SMILES string of the molecule is C=CC(=O)NC1CCOCC1Nc1cc2c(=O)cc(-c3c(Cl)c(OC)cc(OC)c3Cl)oc2cn1. The molecule has 1 fully saturated rings. The van der Waals surface area contributed by atoms with E-state index >= 15 is 0 Å². The molecule has 184 valence electrons. The molecule has 3 aromatic rings. The van der Waals surface area contributed by atoms with Crippen LogP contribution in [-0.4, -0.2) is 50.4 Å². The number of amides is 1. The summed E-state index contributed by atoms with van der Waals surface area (Å²) in [5.74, 6) is 0.942. The fourth-order valence-corrected chi connectivity index (χ4v) is 4.54. The molecule has 11 heteroatoms. The van der Waals surface area contributed by atoms with Crippen LogP contribution in [0.15, 0.2) is 46.3 Å². The minimum Gasteiger partial charge on any atom is -0.495 e. The highest BCUT2D eigenvalue weighted by Crippen LogP contribution is 2.46. The van der Waals surface area contributed by atoms with Crippen LogP contribution in [0.3, 0.4) is 0 Å². The zero-order valence-corrected chi connectivity index (χ0v) is 20.5. The maximum atomic E-state index is 13.0. The van der Waals surface area contributed by atoms with Gasteiger partial charge in [-0.15, -0.1) is 0 Å². The van der Waals surface area contributed by atoms with Gasteiger partial charge in [0.1, 0.15) is 23.1 Å². The molecule has 0 bridgehead atoms. The topological polar surface area (TPSA) is 112 Å². The van der Waals surface area contributed by atoms with E-state index in [4.69, 9.17) is 41.8 Å². The summed E-state index contributed by atoms with van der Waals surface area (Å²) in [5, 5.41) is 6.78. The number of pyridine rings is 1. The van der Waals surface area contributed by atoms with E-state index in [1.807, 2.05) is 0 Å². The van der Waals surface area contributed by atoms with Gasteiger partial charge in [0.05, 0.1) is 60.1 Å². The summed E-state index contributed by atoms with van der Waals surface area (Å²) in [7, 11) is 2.91. The zero-order valence-electron chi connectivity index (χ0n) is 19.0. The van der Waals surface area contributed by atoms with Crippen molar-refractivity contribution < 1.29 is 23.4 Å². The first-order chi connectivity index (χ1) is 16.9. The van der Waals surface area contributed by atoms with E-state index in [-0.39, 0.29) is 50.4 Å². The Morgan fingerprint density at radius 2 is 1.89 bits per heavy atom. The first-order valence-electron chi connectivity index (χ1n) is 10.7. The molecular formula is C24H23Cl2N3O6. The van der Waals surface area contributed by atoms with E-state index in [0.29, 0.717) is 42.3 Å². The number of rotatable bonds is 7. The van der Waals surface area contributed by atoms with Crippen molar-refractivity contribution in [3.63, 3.8) is 0 Å². The normalized spacial score (nSPS) is 17.6. The van der Waals surface area contributed by atoms with Gasteiger partial charge in [0, 0.05) is 18.7 Å². The third-order valence-corrected chi connectivity index (χ3v) is 6.39. The standard InChI is InChI=1S/C24H23Cl2N3O6/c1-4-21(31)29-13-5-6-34-11-14(13)28-20-7-12-15(30)8-16(35-19(12)10-27-20)22-23(25)17(32-2)9-18(33-3)24(22)26/h4,7-10,13-14H,1,5-6,11H2,2-3H3,(H,27,28)(H,29,31). The number of nitrogens with one attached hydrogen (secondary N) is 2. The first-order valence-corrected chi connectivity index (χ1v) is 11.4. The van der Waals surface area contributed by atoms with Crippen LogP contribution >= 0.6 is 23.2 Å².